The Labute approximate surface area is 227 Å². The van der Waals surface area contributed by atoms with Crippen LogP contribution in [0.25, 0.3) is 0 Å². The van der Waals surface area contributed by atoms with Gasteiger partial charge in [-0.1, -0.05) is 48.0 Å². The molecule has 1 heterocycles. The number of hydrogen-bond donors (Lipinski definition) is 3. The molecule has 3 N–H and O–H groups in total. The molecule has 2 atom stereocenters. The Kier molecular flexibility index (Phi) is 8.15. The van der Waals surface area contributed by atoms with Gasteiger partial charge < -0.3 is 10.4 Å². The van der Waals surface area contributed by atoms with Crippen molar-refractivity contribution >= 4 is 45.0 Å². The highest BCUT2D eigenvalue weighted by molar-refractivity contribution is 8.01. The number of para-hydroxylation sites is 1. The minimum Gasteiger partial charge on any atom is -0.480 e. The molecule has 0 unspecified atom stereocenters. The van der Waals surface area contributed by atoms with Gasteiger partial charge >= 0.3 is 5.97 Å². The van der Waals surface area contributed by atoms with Crippen LogP contribution in [0.2, 0.25) is 0 Å². The Bertz CT molecular complexity index is 1390. The molecule has 0 aliphatic carbocycles. The number of nitrogens with one attached hydrogen (secondary N) is 2. The topological polar surface area (TPSA) is 116 Å². The summed E-state index contributed by atoms with van der Waals surface area (Å²) in [5.41, 5.74) is 2.72. The van der Waals surface area contributed by atoms with Gasteiger partial charge in [-0.15, -0.1) is 11.8 Å². The molecule has 0 bridgehead atoms. The van der Waals surface area contributed by atoms with Gasteiger partial charge in [0.1, 0.15) is 11.4 Å². The second kappa shape index (κ2) is 11.2. The molecule has 1 saturated heterocycles. The summed E-state index contributed by atoms with van der Waals surface area (Å²) in [4.78, 5) is 26.1. The third kappa shape index (κ3) is 6.38. The van der Waals surface area contributed by atoms with E-state index in [9.17, 15) is 23.1 Å². The van der Waals surface area contributed by atoms with Crippen LogP contribution in [0.4, 0.5) is 11.4 Å². The van der Waals surface area contributed by atoms with Crippen molar-refractivity contribution in [3.05, 3.63) is 90.0 Å². The fraction of sp³-hybridized carbons (Fsp3) is 0.286. The smallest absolute Gasteiger partial charge is 0.328 e. The summed E-state index contributed by atoms with van der Waals surface area (Å²) in [6, 6.07) is 21.0. The molecule has 4 rings (SSSR count). The number of carboxylic acids is 1. The minimum atomic E-state index is -4.47. The number of carboxylic acid groups (broad SMARTS) is 1. The van der Waals surface area contributed by atoms with Crippen molar-refractivity contribution in [3.8, 4) is 0 Å². The SMILES string of the molecule is Cc1ccc(S(=O)(=O)N(C(=O)[C@H]2NC(C)(C)CS2)[C@@H](Cc2ccc(Nc3ccccc3)cc2)C(=O)O)cc1. The lowest BCUT2D eigenvalue weighted by molar-refractivity contribution is -0.146. The van der Waals surface area contributed by atoms with Crippen molar-refractivity contribution in [3.63, 3.8) is 0 Å². The predicted octanol–water partition coefficient (Wildman–Crippen LogP) is 4.39. The number of rotatable bonds is 9. The van der Waals surface area contributed by atoms with Gasteiger partial charge in [-0.2, -0.15) is 0 Å². The number of thioether (sulfide) groups is 1. The summed E-state index contributed by atoms with van der Waals surface area (Å²) in [6.45, 7) is 5.63. The average molecular weight is 554 g/mol. The van der Waals surface area contributed by atoms with Crippen LogP contribution in [0.3, 0.4) is 0 Å². The Balaban J connectivity index is 1.66. The van der Waals surface area contributed by atoms with Crippen molar-refractivity contribution in [2.75, 3.05) is 11.1 Å². The molecule has 3 aromatic carbocycles. The Morgan fingerprint density at radius 2 is 1.63 bits per heavy atom. The van der Waals surface area contributed by atoms with E-state index in [-0.39, 0.29) is 11.3 Å². The molecule has 8 nitrogen and oxygen atoms in total. The first-order chi connectivity index (χ1) is 18.0. The molecule has 200 valence electrons. The summed E-state index contributed by atoms with van der Waals surface area (Å²) < 4.78 is 28.1. The van der Waals surface area contributed by atoms with Gasteiger partial charge in [-0.25, -0.2) is 17.5 Å². The lowest BCUT2D eigenvalue weighted by Crippen LogP contribution is -2.55. The van der Waals surface area contributed by atoms with Crippen LogP contribution in [-0.2, 0) is 26.0 Å². The number of aliphatic carboxylic acids is 1. The molecular formula is C28H31N3O5S2. The van der Waals surface area contributed by atoms with Crippen molar-refractivity contribution < 1.29 is 23.1 Å². The largest absolute Gasteiger partial charge is 0.480 e. The van der Waals surface area contributed by atoms with Gasteiger partial charge in [0.05, 0.1) is 4.90 Å². The van der Waals surface area contributed by atoms with E-state index in [2.05, 4.69) is 10.6 Å². The lowest BCUT2D eigenvalue weighted by Gasteiger charge is -2.31. The third-order valence-corrected chi connectivity index (χ3v) is 9.53. The van der Waals surface area contributed by atoms with Crippen LogP contribution in [0.15, 0.2) is 83.8 Å². The number of nitrogens with zero attached hydrogens (tertiary/aromatic N) is 1. The highest BCUT2D eigenvalue weighted by Crippen LogP contribution is 2.31. The second-order valence-electron chi connectivity index (χ2n) is 9.92. The van der Waals surface area contributed by atoms with Gasteiger partial charge in [-0.05, 0) is 62.7 Å². The number of sulfonamides is 1. The Morgan fingerprint density at radius 1 is 1.03 bits per heavy atom. The average Bonchev–Trinajstić information content (AvgIpc) is 3.25. The van der Waals surface area contributed by atoms with Crippen molar-refractivity contribution in [1.29, 1.82) is 0 Å². The molecule has 1 aliphatic heterocycles. The highest BCUT2D eigenvalue weighted by atomic mass is 32.2. The number of carbonyl (C=O) groups is 2. The molecule has 0 spiro atoms. The standard InChI is InChI=1S/C28H31N3O5S2/c1-19-9-15-23(16-10-19)38(35,36)31(26(32)25-30-28(2,3)18-37-25)24(27(33)34)17-20-11-13-22(14-12-20)29-21-7-5-4-6-8-21/h4-16,24-25,29-30H,17-18H2,1-3H3,(H,33,34)/t24-,25-/m0/s1. The molecule has 0 saturated carbocycles. The second-order valence-corrected chi connectivity index (χ2v) is 12.8. The zero-order valence-corrected chi connectivity index (χ0v) is 23.1. The number of anilines is 2. The fourth-order valence-electron chi connectivity index (χ4n) is 4.15. The van der Waals surface area contributed by atoms with Crippen LogP contribution >= 0.6 is 11.8 Å². The van der Waals surface area contributed by atoms with Crippen LogP contribution in [-0.4, -0.2) is 52.4 Å². The first-order valence-corrected chi connectivity index (χ1v) is 14.6. The van der Waals surface area contributed by atoms with E-state index in [1.54, 1.807) is 36.4 Å². The monoisotopic (exact) mass is 553 g/mol. The minimum absolute atomic E-state index is 0.132. The molecular weight excluding hydrogens is 522 g/mol. The lowest BCUT2D eigenvalue weighted by atomic mass is 10.1. The molecule has 1 fully saturated rings. The Hall–Kier alpha value is -3.34. The number of amides is 1. The first kappa shape index (κ1) is 27.7. The normalized spacial score (nSPS) is 17.5. The highest BCUT2D eigenvalue weighted by Gasteiger charge is 2.46. The molecule has 38 heavy (non-hydrogen) atoms. The van der Waals surface area contributed by atoms with Gasteiger partial charge in [0.2, 0.25) is 0 Å². The molecule has 1 amide bonds. The van der Waals surface area contributed by atoms with Crippen LogP contribution < -0.4 is 10.6 Å². The number of hydrogen-bond acceptors (Lipinski definition) is 7. The summed E-state index contributed by atoms with van der Waals surface area (Å²) in [5, 5.41) is 15.7. The molecule has 1 aliphatic rings. The fourth-order valence-corrected chi connectivity index (χ4v) is 7.09. The van der Waals surface area contributed by atoms with Crippen molar-refractivity contribution in [2.45, 2.75) is 49.0 Å². The summed E-state index contributed by atoms with van der Waals surface area (Å²) in [7, 11) is -4.47. The zero-order valence-electron chi connectivity index (χ0n) is 21.4. The van der Waals surface area contributed by atoms with Gasteiger partial charge in [-0.3, -0.25) is 10.1 Å². The van der Waals surface area contributed by atoms with E-state index in [1.807, 2.05) is 51.1 Å². The summed E-state index contributed by atoms with van der Waals surface area (Å²) >= 11 is 1.27. The maximum absolute atomic E-state index is 13.8. The van der Waals surface area contributed by atoms with Crippen LogP contribution in [0, 0.1) is 6.92 Å². The molecule has 0 radical (unpaired) electrons. The van der Waals surface area contributed by atoms with Crippen LogP contribution in [0.5, 0.6) is 0 Å². The van der Waals surface area contributed by atoms with E-state index in [4.69, 9.17) is 0 Å². The maximum Gasteiger partial charge on any atom is 0.328 e. The number of aryl methyl sites for hydroxylation is 1. The number of carbonyl (C=O) groups excluding carboxylic acids is 1. The zero-order chi connectivity index (χ0) is 27.5. The van der Waals surface area contributed by atoms with E-state index >= 15 is 0 Å². The van der Waals surface area contributed by atoms with E-state index in [0.29, 0.717) is 15.6 Å². The molecule has 0 aromatic heterocycles. The quantitative estimate of drug-likeness (QED) is 0.357. The van der Waals surface area contributed by atoms with E-state index < -0.39 is 38.9 Å². The third-order valence-electron chi connectivity index (χ3n) is 6.17. The predicted molar refractivity (Wildman–Crippen MR) is 150 cm³/mol. The van der Waals surface area contributed by atoms with Crippen molar-refractivity contribution in [2.24, 2.45) is 0 Å². The van der Waals surface area contributed by atoms with Gasteiger partial charge in [0.25, 0.3) is 15.9 Å². The Morgan fingerprint density at radius 3 is 2.18 bits per heavy atom. The maximum atomic E-state index is 13.8. The molecule has 10 heteroatoms. The first-order valence-electron chi connectivity index (χ1n) is 12.1. The number of benzene rings is 3. The molecule has 3 aromatic rings. The van der Waals surface area contributed by atoms with E-state index in [0.717, 1.165) is 16.9 Å². The van der Waals surface area contributed by atoms with Crippen LogP contribution in [0.1, 0.15) is 25.0 Å². The van der Waals surface area contributed by atoms with Crippen molar-refractivity contribution in [1.82, 2.24) is 9.62 Å². The van der Waals surface area contributed by atoms with Gasteiger partial charge in [0, 0.05) is 29.1 Å². The van der Waals surface area contributed by atoms with Gasteiger partial charge in [0.15, 0.2) is 0 Å². The van der Waals surface area contributed by atoms with E-state index in [1.165, 1.54) is 23.9 Å². The summed E-state index contributed by atoms with van der Waals surface area (Å²) in [6.07, 6.45) is -0.182. The summed E-state index contributed by atoms with van der Waals surface area (Å²) in [5.74, 6) is -1.62.